The van der Waals surface area contributed by atoms with Crippen molar-refractivity contribution in [1.29, 1.82) is 0 Å². The third kappa shape index (κ3) is 4.45. The fourth-order valence-electron chi connectivity index (χ4n) is 5.49. The Balaban J connectivity index is 1.84. The maximum Gasteiger partial charge on any atom is 0.319 e. The molecular weight excluding hydrogens is 420 g/mol. The molecular formula is C30H36O2Si. The zero-order valence-corrected chi connectivity index (χ0v) is 21.3. The Kier molecular flexibility index (Phi) is 6.65. The van der Waals surface area contributed by atoms with E-state index in [0.29, 0.717) is 0 Å². The first-order chi connectivity index (χ1) is 15.8. The molecule has 2 nitrogen and oxygen atoms in total. The summed E-state index contributed by atoms with van der Waals surface area (Å²) in [6.07, 6.45) is 7.36. The van der Waals surface area contributed by atoms with Crippen molar-refractivity contribution in [2.75, 3.05) is 6.61 Å². The molecule has 1 N–H and O–H groups in total. The van der Waals surface area contributed by atoms with Gasteiger partial charge in [-0.25, -0.2) is 0 Å². The van der Waals surface area contributed by atoms with E-state index in [2.05, 4.69) is 113 Å². The Morgan fingerprint density at radius 2 is 1.55 bits per heavy atom. The third-order valence-corrected chi connectivity index (χ3v) is 12.1. The van der Waals surface area contributed by atoms with Crippen LogP contribution in [0, 0.1) is 0 Å². The van der Waals surface area contributed by atoms with Gasteiger partial charge in [0.15, 0.2) is 0 Å². The van der Waals surface area contributed by atoms with Crippen molar-refractivity contribution in [3.05, 3.63) is 102 Å². The summed E-state index contributed by atoms with van der Waals surface area (Å²) in [5, 5.41) is 11.8. The Labute approximate surface area is 200 Å². The summed E-state index contributed by atoms with van der Waals surface area (Å²) < 4.78 is 7.23. The molecule has 1 aliphatic rings. The topological polar surface area (TPSA) is 29.5 Å². The first-order valence-corrected chi connectivity index (χ1v) is 13.9. The lowest BCUT2D eigenvalue weighted by Crippen LogP contribution is -2.68. The van der Waals surface area contributed by atoms with Crippen LogP contribution in [0.5, 0.6) is 5.75 Å². The molecule has 0 aromatic heterocycles. The summed E-state index contributed by atoms with van der Waals surface area (Å²) >= 11 is 0. The van der Waals surface area contributed by atoms with Gasteiger partial charge in [-0.2, -0.15) is 0 Å². The summed E-state index contributed by atoms with van der Waals surface area (Å²) in [5.74, 6) is 0.957. The molecule has 0 radical (unpaired) electrons. The molecule has 0 saturated carbocycles. The second kappa shape index (κ2) is 9.32. The molecule has 0 saturated heterocycles. The van der Waals surface area contributed by atoms with E-state index in [9.17, 15) is 5.11 Å². The zero-order chi connectivity index (χ0) is 23.5. The fourth-order valence-corrected chi connectivity index (χ4v) is 9.90. The van der Waals surface area contributed by atoms with Crippen LogP contribution >= 0.6 is 0 Å². The molecule has 0 spiro atoms. The van der Waals surface area contributed by atoms with Gasteiger partial charge >= 0.3 is 8.32 Å². The average Bonchev–Trinajstić information content (AvgIpc) is 2.82. The van der Waals surface area contributed by atoms with Gasteiger partial charge in [0.1, 0.15) is 5.75 Å². The van der Waals surface area contributed by atoms with Crippen LogP contribution in [0.1, 0.15) is 51.7 Å². The van der Waals surface area contributed by atoms with E-state index in [1.54, 1.807) is 0 Å². The number of hydrogen-bond acceptors (Lipinski definition) is 2. The predicted octanol–water partition coefficient (Wildman–Crippen LogP) is 5.77. The quantitative estimate of drug-likeness (QED) is 0.377. The number of hydrogen-bond donors (Lipinski definition) is 1. The van der Waals surface area contributed by atoms with Gasteiger partial charge < -0.3 is 9.53 Å². The summed E-state index contributed by atoms with van der Waals surface area (Å²) in [7, 11) is -2.64. The molecule has 1 unspecified atom stereocenters. The van der Waals surface area contributed by atoms with E-state index in [-0.39, 0.29) is 17.1 Å². The van der Waals surface area contributed by atoms with Gasteiger partial charge in [0.25, 0.3) is 0 Å². The van der Waals surface area contributed by atoms with Gasteiger partial charge in [0.05, 0.1) is 6.61 Å². The molecule has 3 aromatic rings. The van der Waals surface area contributed by atoms with Crippen molar-refractivity contribution in [1.82, 2.24) is 0 Å². The van der Waals surface area contributed by atoms with Crippen LogP contribution in [-0.2, 0) is 11.8 Å². The van der Waals surface area contributed by atoms with E-state index in [1.807, 2.05) is 6.08 Å². The van der Waals surface area contributed by atoms with Crippen molar-refractivity contribution in [3.63, 3.8) is 0 Å². The van der Waals surface area contributed by atoms with Crippen molar-refractivity contribution < 1.29 is 9.53 Å². The van der Waals surface area contributed by atoms with Crippen molar-refractivity contribution >= 4 is 18.7 Å². The summed E-state index contributed by atoms with van der Waals surface area (Å²) in [5.41, 5.74) is 2.68. The Hall–Kier alpha value is -2.62. The number of rotatable bonds is 6. The number of benzene rings is 3. The van der Waals surface area contributed by atoms with Crippen LogP contribution in [0.3, 0.4) is 0 Å². The van der Waals surface area contributed by atoms with Crippen LogP contribution < -0.4 is 14.8 Å². The minimum Gasteiger partial charge on any atom is -0.534 e. The second-order valence-electron chi connectivity index (χ2n) is 10.4. The highest BCUT2D eigenvalue weighted by molar-refractivity contribution is 7.00. The molecule has 0 bridgehead atoms. The molecule has 1 atom stereocenters. The summed E-state index contributed by atoms with van der Waals surface area (Å²) in [6, 6.07) is 28.3. The Morgan fingerprint density at radius 1 is 0.939 bits per heavy atom. The van der Waals surface area contributed by atoms with Gasteiger partial charge in [-0.1, -0.05) is 107 Å². The highest BCUT2D eigenvalue weighted by atomic mass is 28.4. The molecule has 0 heterocycles. The lowest BCUT2D eigenvalue weighted by molar-refractivity contribution is 0.340. The largest absolute Gasteiger partial charge is 0.534 e. The number of aryl methyl sites for hydroxylation is 1. The van der Waals surface area contributed by atoms with Gasteiger partial charge in [-0.15, -0.1) is 0 Å². The van der Waals surface area contributed by atoms with Crippen molar-refractivity contribution in [2.24, 2.45) is 0 Å². The number of aliphatic hydroxyl groups is 1. The van der Waals surface area contributed by atoms with Crippen LogP contribution in [0.25, 0.3) is 0 Å². The first-order valence-electron chi connectivity index (χ1n) is 12.0. The normalized spacial score (nSPS) is 18.8. The molecule has 0 amide bonds. The molecule has 1 aliphatic carbocycles. The van der Waals surface area contributed by atoms with Gasteiger partial charge in [0.2, 0.25) is 0 Å². The monoisotopic (exact) mass is 456 g/mol. The highest BCUT2D eigenvalue weighted by Gasteiger charge is 2.52. The molecule has 4 rings (SSSR count). The Morgan fingerprint density at radius 3 is 2.09 bits per heavy atom. The first kappa shape index (κ1) is 23.5. The number of allylic oxidation sites excluding steroid dienone is 1. The lowest BCUT2D eigenvalue weighted by Gasteiger charge is -2.43. The zero-order valence-electron chi connectivity index (χ0n) is 20.3. The minimum absolute atomic E-state index is 0.0355. The molecule has 3 heteroatoms. The number of fused-ring (bicyclic) bond motifs is 1. The maximum atomic E-state index is 9.32. The Bertz CT molecular complexity index is 1060. The second-order valence-corrected chi connectivity index (χ2v) is 14.7. The fraction of sp³-hybridized carbons (Fsp3) is 0.333. The van der Waals surface area contributed by atoms with E-state index in [4.69, 9.17) is 4.43 Å². The standard InChI is InChI=1S/C30H36O2Si/c1-29(2,3)33(26-14-7-5-8-15-26,27-16-9-6-10-17-27)32-25-18-19-28-24(23-25)13-11-20-30(28,4)21-12-22-31/h5-10,12,14-19,21,23,31H,11,13,20,22H2,1-4H3/b21-12+. The van der Waals surface area contributed by atoms with Crippen molar-refractivity contribution in [2.45, 2.75) is 57.4 Å². The van der Waals surface area contributed by atoms with Gasteiger partial charge in [-0.05, 0) is 57.9 Å². The third-order valence-electron chi connectivity index (χ3n) is 7.11. The molecule has 0 aliphatic heterocycles. The minimum atomic E-state index is -2.64. The summed E-state index contributed by atoms with van der Waals surface area (Å²) in [4.78, 5) is 0. The molecule has 33 heavy (non-hydrogen) atoms. The molecule has 3 aromatic carbocycles. The van der Waals surface area contributed by atoms with E-state index < -0.39 is 8.32 Å². The van der Waals surface area contributed by atoms with Crippen molar-refractivity contribution in [3.8, 4) is 5.75 Å². The van der Waals surface area contributed by atoms with Gasteiger partial charge in [-0.3, -0.25) is 0 Å². The molecule has 172 valence electrons. The smallest absolute Gasteiger partial charge is 0.319 e. The summed E-state index contributed by atoms with van der Waals surface area (Å²) in [6.45, 7) is 9.30. The maximum absolute atomic E-state index is 9.32. The van der Waals surface area contributed by atoms with E-state index in [0.717, 1.165) is 25.0 Å². The highest BCUT2D eigenvalue weighted by Crippen LogP contribution is 2.42. The SMILES string of the molecule is CC1(/C=C/CO)CCCc2cc(O[Si](c3ccccc3)(c3ccccc3)C(C)(C)C)ccc21. The lowest BCUT2D eigenvalue weighted by atomic mass is 9.71. The van der Waals surface area contributed by atoms with Crippen LogP contribution in [-0.4, -0.2) is 20.0 Å². The average molecular weight is 457 g/mol. The molecule has 0 fully saturated rings. The predicted molar refractivity (Wildman–Crippen MR) is 141 cm³/mol. The van der Waals surface area contributed by atoms with E-state index >= 15 is 0 Å². The van der Waals surface area contributed by atoms with Crippen LogP contribution in [0.4, 0.5) is 0 Å². The van der Waals surface area contributed by atoms with E-state index in [1.165, 1.54) is 21.5 Å². The van der Waals surface area contributed by atoms with Crippen LogP contribution in [0.15, 0.2) is 91.0 Å². The van der Waals surface area contributed by atoms with Crippen LogP contribution in [0.2, 0.25) is 5.04 Å². The van der Waals surface area contributed by atoms with Gasteiger partial charge in [0, 0.05) is 5.41 Å². The number of aliphatic hydroxyl groups excluding tert-OH is 1.